The van der Waals surface area contributed by atoms with E-state index in [0.717, 1.165) is 5.69 Å². The summed E-state index contributed by atoms with van der Waals surface area (Å²) in [5.41, 5.74) is 1.49. The summed E-state index contributed by atoms with van der Waals surface area (Å²) in [4.78, 5) is 10.3. The minimum atomic E-state index is -0.396. The van der Waals surface area contributed by atoms with Crippen LogP contribution in [-0.4, -0.2) is 14.7 Å². The Morgan fingerprint density at radius 2 is 2.25 bits per heavy atom. The van der Waals surface area contributed by atoms with Gasteiger partial charge in [-0.25, -0.2) is 4.68 Å². The smallest absolute Gasteiger partial charge is 0.258 e. The average molecular weight is 282 g/mol. The topological polar surface area (TPSA) is 61.0 Å². The van der Waals surface area contributed by atoms with Crippen molar-refractivity contribution < 1.29 is 4.92 Å². The van der Waals surface area contributed by atoms with Crippen LogP contribution in [0.2, 0.25) is 0 Å². The first kappa shape index (κ1) is 10.8. The maximum Gasteiger partial charge on any atom is 0.273 e. The highest BCUT2D eigenvalue weighted by Gasteiger charge is 2.14. The van der Waals surface area contributed by atoms with Crippen LogP contribution >= 0.6 is 15.9 Å². The van der Waals surface area contributed by atoms with E-state index in [0.29, 0.717) is 10.0 Å². The van der Waals surface area contributed by atoms with E-state index in [2.05, 4.69) is 21.0 Å². The zero-order valence-electron chi connectivity index (χ0n) is 8.42. The molecule has 0 atom stereocenters. The van der Waals surface area contributed by atoms with Crippen LogP contribution in [0.15, 0.2) is 35.1 Å². The molecular weight excluding hydrogens is 274 g/mol. The first-order valence-electron chi connectivity index (χ1n) is 4.54. The highest BCUT2D eigenvalue weighted by molar-refractivity contribution is 9.10. The Hall–Kier alpha value is -1.69. The van der Waals surface area contributed by atoms with Crippen LogP contribution in [0.5, 0.6) is 0 Å². The molecule has 2 rings (SSSR count). The predicted octanol–water partition coefficient (Wildman–Crippen LogP) is 2.85. The van der Waals surface area contributed by atoms with Gasteiger partial charge in [0.1, 0.15) is 0 Å². The second-order valence-corrected chi connectivity index (χ2v) is 4.15. The normalized spacial score (nSPS) is 10.4. The fraction of sp³-hybridized carbons (Fsp3) is 0.100. The number of nitro groups is 1. The van der Waals surface area contributed by atoms with E-state index >= 15 is 0 Å². The maximum atomic E-state index is 10.7. The monoisotopic (exact) mass is 281 g/mol. The molecule has 0 fully saturated rings. The van der Waals surface area contributed by atoms with Crippen molar-refractivity contribution in [2.45, 2.75) is 6.92 Å². The summed E-state index contributed by atoms with van der Waals surface area (Å²) in [6, 6.07) is 5.02. The summed E-state index contributed by atoms with van der Waals surface area (Å²) in [5, 5.41) is 14.8. The van der Waals surface area contributed by atoms with Gasteiger partial charge < -0.3 is 0 Å². The van der Waals surface area contributed by atoms with Crippen molar-refractivity contribution in [3.05, 3.63) is 50.7 Å². The molecule has 0 aliphatic carbocycles. The Morgan fingerprint density at radius 1 is 1.50 bits per heavy atom. The molecule has 0 N–H and O–H groups in total. The molecule has 0 amide bonds. The summed E-state index contributed by atoms with van der Waals surface area (Å²) in [7, 11) is 0. The van der Waals surface area contributed by atoms with E-state index in [1.54, 1.807) is 36.1 Å². The van der Waals surface area contributed by atoms with E-state index in [4.69, 9.17) is 0 Å². The second kappa shape index (κ2) is 4.05. The number of hydrogen-bond donors (Lipinski definition) is 0. The van der Waals surface area contributed by atoms with Crippen LogP contribution in [-0.2, 0) is 0 Å². The zero-order valence-corrected chi connectivity index (χ0v) is 10.0. The molecule has 82 valence electrons. The van der Waals surface area contributed by atoms with E-state index in [9.17, 15) is 10.1 Å². The molecule has 1 aromatic heterocycles. The lowest BCUT2D eigenvalue weighted by molar-refractivity contribution is -0.385. The lowest BCUT2D eigenvalue weighted by Crippen LogP contribution is -1.99. The number of halogens is 1. The number of nitro benzene ring substituents is 1. The van der Waals surface area contributed by atoms with E-state index in [1.165, 1.54) is 6.07 Å². The first-order valence-corrected chi connectivity index (χ1v) is 5.33. The van der Waals surface area contributed by atoms with Gasteiger partial charge in [0.15, 0.2) is 0 Å². The van der Waals surface area contributed by atoms with Crippen LogP contribution in [0.3, 0.4) is 0 Å². The molecular formula is C10H8BrN3O2. The molecule has 5 nitrogen and oxygen atoms in total. The maximum absolute atomic E-state index is 10.7. The minimum absolute atomic E-state index is 0.0998. The van der Waals surface area contributed by atoms with Gasteiger partial charge in [-0.3, -0.25) is 10.1 Å². The highest BCUT2D eigenvalue weighted by atomic mass is 79.9. The predicted molar refractivity (Wildman–Crippen MR) is 62.7 cm³/mol. The Morgan fingerprint density at radius 3 is 2.81 bits per heavy atom. The third-order valence-electron chi connectivity index (χ3n) is 2.21. The van der Waals surface area contributed by atoms with Crippen molar-refractivity contribution in [3.63, 3.8) is 0 Å². The van der Waals surface area contributed by atoms with Gasteiger partial charge >= 0.3 is 0 Å². The van der Waals surface area contributed by atoms with E-state index in [-0.39, 0.29) is 5.69 Å². The third kappa shape index (κ3) is 1.83. The summed E-state index contributed by atoms with van der Waals surface area (Å²) >= 11 is 3.31. The lowest BCUT2D eigenvalue weighted by atomic mass is 10.2. The van der Waals surface area contributed by atoms with Crippen LogP contribution in [0.4, 0.5) is 5.69 Å². The molecule has 0 spiro atoms. The van der Waals surface area contributed by atoms with Crippen molar-refractivity contribution in [2.75, 3.05) is 0 Å². The van der Waals surface area contributed by atoms with Crippen LogP contribution < -0.4 is 0 Å². The van der Waals surface area contributed by atoms with Crippen molar-refractivity contribution in [1.82, 2.24) is 9.78 Å². The summed E-state index contributed by atoms with van der Waals surface area (Å²) in [6.45, 7) is 1.71. The molecule has 1 aromatic carbocycles. The molecule has 0 saturated heterocycles. The Kier molecular flexibility index (Phi) is 2.74. The molecule has 0 unspecified atom stereocenters. The van der Waals surface area contributed by atoms with Gasteiger partial charge in [-0.1, -0.05) is 0 Å². The number of aromatic nitrogens is 2. The van der Waals surface area contributed by atoms with Gasteiger partial charge in [-0.2, -0.15) is 5.10 Å². The van der Waals surface area contributed by atoms with Crippen molar-refractivity contribution in [2.24, 2.45) is 0 Å². The largest absolute Gasteiger partial charge is 0.273 e. The fourth-order valence-corrected chi connectivity index (χ4v) is 1.95. The van der Waals surface area contributed by atoms with E-state index < -0.39 is 4.92 Å². The Labute approximate surface area is 100.0 Å². The van der Waals surface area contributed by atoms with Crippen molar-refractivity contribution >= 4 is 21.6 Å². The number of aryl methyl sites for hydroxylation is 1. The molecule has 2 aromatic rings. The van der Waals surface area contributed by atoms with Crippen LogP contribution in [0.1, 0.15) is 5.56 Å². The van der Waals surface area contributed by atoms with Crippen molar-refractivity contribution in [1.29, 1.82) is 0 Å². The summed E-state index contributed by atoms with van der Waals surface area (Å²) < 4.78 is 2.30. The molecule has 0 aliphatic heterocycles. The SMILES string of the molecule is Cc1cc(-n2cccn2)c(Br)cc1[N+](=O)[O-]. The van der Waals surface area contributed by atoms with E-state index in [1.807, 2.05) is 0 Å². The third-order valence-corrected chi connectivity index (χ3v) is 2.85. The lowest BCUT2D eigenvalue weighted by Gasteiger charge is -2.06. The standard InChI is InChI=1S/C10H8BrN3O2/c1-7-5-10(13-4-2-3-12-13)8(11)6-9(7)14(15)16/h2-6H,1H3. The van der Waals surface area contributed by atoms with Gasteiger partial charge in [0.05, 0.1) is 15.1 Å². The number of benzene rings is 1. The van der Waals surface area contributed by atoms with Crippen LogP contribution in [0, 0.1) is 17.0 Å². The highest BCUT2D eigenvalue weighted by Crippen LogP contribution is 2.28. The molecule has 0 radical (unpaired) electrons. The van der Waals surface area contributed by atoms with Gasteiger partial charge in [-0.15, -0.1) is 0 Å². The quantitative estimate of drug-likeness (QED) is 0.628. The molecule has 1 heterocycles. The molecule has 16 heavy (non-hydrogen) atoms. The average Bonchev–Trinajstić information content (AvgIpc) is 2.73. The summed E-state index contributed by atoms with van der Waals surface area (Å²) in [5.74, 6) is 0. The number of rotatable bonds is 2. The first-order chi connectivity index (χ1) is 7.59. The molecule has 0 aliphatic rings. The minimum Gasteiger partial charge on any atom is -0.258 e. The van der Waals surface area contributed by atoms with Crippen LogP contribution in [0.25, 0.3) is 5.69 Å². The van der Waals surface area contributed by atoms with Gasteiger partial charge in [0, 0.05) is 24.0 Å². The zero-order chi connectivity index (χ0) is 11.7. The molecule has 0 saturated carbocycles. The Bertz CT molecular complexity index is 537. The van der Waals surface area contributed by atoms with Gasteiger partial charge in [0.2, 0.25) is 0 Å². The van der Waals surface area contributed by atoms with Gasteiger partial charge in [0.25, 0.3) is 5.69 Å². The Balaban J connectivity index is 2.59. The second-order valence-electron chi connectivity index (χ2n) is 3.30. The van der Waals surface area contributed by atoms with Gasteiger partial charge in [-0.05, 0) is 35.0 Å². The molecule has 6 heteroatoms. The summed E-state index contributed by atoms with van der Waals surface area (Å²) in [6.07, 6.45) is 3.44. The fourth-order valence-electron chi connectivity index (χ4n) is 1.44. The number of nitrogens with zero attached hydrogens (tertiary/aromatic N) is 3. The van der Waals surface area contributed by atoms with Crippen molar-refractivity contribution in [3.8, 4) is 5.69 Å². The number of hydrogen-bond acceptors (Lipinski definition) is 3. The molecule has 0 bridgehead atoms.